The van der Waals surface area contributed by atoms with Gasteiger partial charge < -0.3 is 16.0 Å². The molecule has 0 spiro atoms. The summed E-state index contributed by atoms with van der Waals surface area (Å²) in [5.41, 5.74) is -1.40. The Hall–Kier alpha value is -4.41. The minimum atomic E-state index is -1.12. The predicted molar refractivity (Wildman–Crippen MR) is 121 cm³/mol. The molecule has 0 fully saturated rings. The number of nitrogens with zero attached hydrogens (tertiary/aromatic N) is 2. The van der Waals surface area contributed by atoms with Gasteiger partial charge in [0.15, 0.2) is 0 Å². The van der Waals surface area contributed by atoms with Crippen molar-refractivity contribution in [2.75, 3.05) is 23.0 Å². The number of anilines is 3. The van der Waals surface area contributed by atoms with Gasteiger partial charge in [-0.05, 0) is 36.6 Å². The molecule has 174 valence electrons. The lowest BCUT2D eigenvalue weighted by Gasteiger charge is -2.14. The highest BCUT2D eigenvalue weighted by molar-refractivity contribution is 6.00. The van der Waals surface area contributed by atoms with Crippen LogP contribution in [0.2, 0.25) is 0 Å². The van der Waals surface area contributed by atoms with Crippen LogP contribution in [-0.4, -0.2) is 22.6 Å². The zero-order valence-corrected chi connectivity index (χ0v) is 17.8. The molecule has 0 saturated carbocycles. The van der Waals surface area contributed by atoms with Gasteiger partial charge >= 0.3 is 6.03 Å². The van der Waals surface area contributed by atoms with Gasteiger partial charge in [-0.1, -0.05) is 0 Å². The van der Waals surface area contributed by atoms with Crippen molar-refractivity contribution in [2.24, 2.45) is 0 Å². The van der Waals surface area contributed by atoms with Crippen LogP contribution in [0.3, 0.4) is 0 Å². The highest BCUT2D eigenvalue weighted by Gasteiger charge is 2.17. The average Bonchev–Trinajstić information content (AvgIpc) is 2.80. The molecule has 2 aromatic carbocycles. The molecule has 0 aliphatic heterocycles. The molecule has 0 radical (unpaired) electrons. The first-order valence-electron chi connectivity index (χ1n) is 9.90. The van der Waals surface area contributed by atoms with E-state index in [9.17, 15) is 27.2 Å². The van der Waals surface area contributed by atoms with Gasteiger partial charge in [0.2, 0.25) is 0 Å². The molecule has 2 aromatic heterocycles. The number of aryl methyl sites for hydroxylation is 1. The molecular formula is C23H17F4N5O2. The summed E-state index contributed by atoms with van der Waals surface area (Å²) in [7, 11) is 1.67. The van der Waals surface area contributed by atoms with Gasteiger partial charge in [-0.3, -0.25) is 9.36 Å². The van der Waals surface area contributed by atoms with E-state index in [1.165, 1.54) is 12.4 Å². The van der Waals surface area contributed by atoms with Gasteiger partial charge in [0.1, 0.15) is 29.1 Å². The van der Waals surface area contributed by atoms with E-state index < -0.39 is 40.5 Å². The van der Waals surface area contributed by atoms with Crippen LogP contribution in [0.25, 0.3) is 16.5 Å². The second kappa shape index (κ2) is 8.85. The Kier molecular flexibility index (Phi) is 5.93. The highest BCUT2D eigenvalue weighted by Crippen LogP contribution is 2.25. The van der Waals surface area contributed by atoms with Gasteiger partial charge in [0, 0.05) is 42.5 Å². The Bertz CT molecular complexity index is 1500. The Morgan fingerprint density at radius 3 is 2.35 bits per heavy atom. The maximum atomic E-state index is 14.7. The molecule has 2 heterocycles. The molecule has 0 unspecified atom stereocenters. The van der Waals surface area contributed by atoms with Crippen LogP contribution in [0.1, 0.15) is 5.56 Å². The number of nitrogens with one attached hydrogen (secondary N) is 3. The number of fused-ring (bicyclic) bond motifs is 1. The van der Waals surface area contributed by atoms with Crippen LogP contribution in [0, 0.1) is 30.2 Å². The Labute approximate surface area is 190 Å². The van der Waals surface area contributed by atoms with E-state index in [1.54, 1.807) is 20.0 Å². The minimum Gasteiger partial charge on any atom is -0.373 e. The van der Waals surface area contributed by atoms with Crippen molar-refractivity contribution >= 4 is 34.0 Å². The van der Waals surface area contributed by atoms with Crippen molar-refractivity contribution in [3.63, 3.8) is 0 Å². The average molecular weight is 471 g/mol. The molecule has 4 aromatic rings. The Balaban J connectivity index is 1.72. The third-order valence-electron chi connectivity index (χ3n) is 5.13. The number of carbonyl (C=O) groups excluding carboxylic acids is 1. The van der Waals surface area contributed by atoms with E-state index in [0.29, 0.717) is 34.3 Å². The van der Waals surface area contributed by atoms with E-state index in [2.05, 4.69) is 20.9 Å². The lowest BCUT2D eigenvalue weighted by molar-refractivity contribution is 0.262. The third kappa shape index (κ3) is 4.27. The Morgan fingerprint density at radius 2 is 1.65 bits per heavy atom. The van der Waals surface area contributed by atoms with Gasteiger partial charge in [-0.15, -0.1) is 0 Å². The van der Waals surface area contributed by atoms with Crippen molar-refractivity contribution < 1.29 is 22.4 Å². The molecule has 11 heteroatoms. The molecule has 0 bridgehead atoms. The number of amides is 2. The van der Waals surface area contributed by atoms with Crippen LogP contribution in [0.5, 0.6) is 0 Å². The first-order chi connectivity index (χ1) is 16.2. The monoisotopic (exact) mass is 471 g/mol. The van der Waals surface area contributed by atoms with Crippen molar-refractivity contribution in [3.05, 3.63) is 88.0 Å². The quantitative estimate of drug-likeness (QED) is 0.368. The standard InChI is InChI=1S/C23H17F4N5O2/c1-11-14-6-21(28-2)29-9-12(14)10-32(22(11)33)20-8-19(16(26)7-17(20)27)31-23(34)30-18-4-3-13(24)5-15(18)25/h3-10,28H,1-2H3,(H2,30,31,34). The maximum absolute atomic E-state index is 14.7. The molecule has 0 aliphatic carbocycles. The topological polar surface area (TPSA) is 88.0 Å². The second-order valence-corrected chi connectivity index (χ2v) is 7.32. The summed E-state index contributed by atoms with van der Waals surface area (Å²) in [4.78, 5) is 29.4. The number of carbonyl (C=O) groups is 1. The molecule has 34 heavy (non-hydrogen) atoms. The second-order valence-electron chi connectivity index (χ2n) is 7.32. The van der Waals surface area contributed by atoms with Crippen LogP contribution in [0.4, 0.5) is 39.5 Å². The van der Waals surface area contributed by atoms with Gasteiger partial charge in [-0.2, -0.15) is 0 Å². The lowest BCUT2D eigenvalue weighted by atomic mass is 10.1. The van der Waals surface area contributed by atoms with E-state index in [-0.39, 0.29) is 11.4 Å². The summed E-state index contributed by atoms with van der Waals surface area (Å²) in [6.07, 6.45) is 2.85. The smallest absolute Gasteiger partial charge is 0.323 e. The molecule has 0 aliphatic rings. The minimum absolute atomic E-state index is 0.305. The van der Waals surface area contributed by atoms with Gasteiger partial charge in [-0.25, -0.2) is 27.3 Å². The van der Waals surface area contributed by atoms with Crippen molar-refractivity contribution in [1.29, 1.82) is 0 Å². The summed E-state index contributed by atoms with van der Waals surface area (Å²) in [5, 5.41) is 8.24. The largest absolute Gasteiger partial charge is 0.373 e. The molecule has 0 atom stereocenters. The SMILES string of the molecule is CNc1cc2c(C)c(=O)n(-c3cc(NC(=O)Nc4ccc(F)cc4F)c(F)cc3F)cc2cn1. The number of benzene rings is 2. The van der Waals surface area contributed by atoms with Gasteiger partial charge in [0.05, 0.1) is 17.1 Å². The molecule has 0 saturated heterocycles. The number of hydrogen-bond acceptors (Lipinski definition) is 4. The summed E-state index contributed by atoms with van der Waals surface area (Å²) >= 11 is 0. The zero-order valence-electron chi connectivity index (χ0n) is 17.8. The fourth-order valence-corrected chi connectivity index (χ4v) is 3.39. The summed E-state index contributed by atoms with van der Waals surface area (Å²) in [6, 6.07) is 4.54. The summed E-state index contributed by atoms with van der Waals surface area (Å²) in [6.45, 7) is 1.56. The highest BCUT2D eigenvalue weighted by atomic mass is 19.1. The zero-order chi connectivity index (χ0) is 24.6. The van der Waals surface area contributed by atoms with Crippen LogP contribution in [0.15, 0.2) is 53.6 Å². The Morgan fingerprint density at radius 1 is 0.941 bits per heavy atom. The van der Waals surface area contributed by atoms with E-state index in [1.807, 2.05) is 0 Å². The molecular weight excluding hydrogens is 454 g/mol. The molecule has 3 N–H and O–H groups in total. The molecule has 2 amide bonds. The molecule has 4 rings (SSSR count). The van der Waals surface area contributed by atoms with Crippen LogP contribution in [-0.2, 0) is 0 Å². The normalized spacial score (nSPS) is 10.9. The number of aromatic nitrogens is 2. The van der Waals surface area contributed by atoms with Crippen molar-refractivity contribution in [2.45, 2.75) is 6.92 Å². The van der Waals surface area contributed by atoms with Crippen molar-refractivity contribution in [3.8, 4) is 5.69 Å². The van der Waals surface area contributed by atoms with E-state index in [4.69, 9.17) is 0 Å². The van der Waals surface area contributed by atoms with Crippen LogP contribution >= 0.6 is 0 Å². The number of pyridine rings is 2. The van der Waals surface area contributed by atoms with Crippen LogP contribution < -0.4 is 21.5 Å². The number of hydrogen-bond donors (Lipinski definition) is 3. The van der Waals surface area contributed by atoms with Crippen molar-refractivity contribution in [1.82, 2.24) is 9.55 Å². The predicted octanol–water partition coefficient (Wildman–Crippen LogP) is 4.94. The van der Waals surface area contributed by atoms with E-state index in [0.717, 1.165) is 22.8 Å². The van der Waals surface area contributed by atoms with Gasteiger partial charge in [0.25, 0.3) is 5.56 Å². The summed E-state index contributed by atoms with van der Waals surface area (Å²) in [5.74, 6) is -3.51. The number of rotatable bonds is 4. The fraction of sp³-hybridized carbons (Fsp3) is 0.0870. The molecule has 7 nitrogen and oxygen atoms in total. The number of halogens is 4. The third-order valence-corrected chi connectivity index (χ3v) is 5.13. The van der Waals surface area contributed by atoms with E-state index >= 15 is 0 Å². The maximum Gasteiger partial charge on any atom is 0.323 e. The first-order valence-corrected chi connectivity index (χ1v) is 9.90. The fourth-order valence-electron chi connectivity index (χ4n) is 3.39. The summed E-state index contributed by atoms with van der Waals surface area (Å²) < 4.78 is 56.9. The lowest BCUT2D eigenvalue weighted by Crippen LogP contribution is -2.23. The first kappa shape index (κ1) is 22.8. The number of urea groups is 1.